The van der Waals surface area contributed by atoms with Gasteiger partial charge in [0.05, 0.1) is 4.92 Å². The fourth-order valence-electron chi connectivity index (χ4n) is 4.37. The molecule has 0 fully saturated rings. The molecule has 0 saturated carbocycles. The number of ether oxygens (including phenoxy) is 2. The Morgan fingerprint density at radius 2 is 1.23 bits per heavy atom. The highest BCUT2D eigenvalue weighted by Crippen LogP contribution is 2.52. The Hall–Kier alpha value is -4.26. The molecule has 5 aromatic rings. The van der Waals surface area contributed by atoms with E-state index < -0.39 is 16.9 Å². The lowest BCUT2D eigenvalue weighted by Gasteiger charge is -2.20. The van der Waals surface area contributed by atoms with E-state index in [1.807, 2.05) is 36.4 Å². The molecule has 0 bridgehead atoms. The molecule has 0 N–H and O–H groups in total. The fourth-order valence-corrected chi connectivity index (χ4v) is 4.37. The predicted molar refractivity (Wildman–Crippen MR) is 117 cm³/mol. The highest BCUT2D eigenvalue weighted by Gasteiger charge is 2.29. The molecule has 5 aromatic carbocycles. The van der Waals surface area contributed by atoms with Crippen LogP contribution in [-0.2, 0) is 9.59 Å². The Bertz CT molecular complexity index is 1570. The number of esters is 2. The van der Waals surface area contributed by atoms with Crippen LogP contribution in [-0.4, -0.2) is 16.9 Å². The maximum atomic E-state index is 11.9. The number of hydrogen-bond acceptors (Lipinski definition) is 6. The van der Waals surface area contributed by atoms with Gasteiger partial charge in [0.15, 0.2) is 11.5 Å². The van der Waals surface area contributed by atoms with Crippen LogP contribution in [0.1, 0.15) is 13.8 Å². The van der Waals surface area contributed by atoms with Crippen LogP contribution < -0.4 is 9.47 Å². The van der Waals surface area contributed by atoms with Crippen LogP contribution in [0.15, 0.2) is 54.6 Å². The average Bonchev–Trinajstić information content (AvgIpc) is 2.74. The van der Waals surface area contributed by atoms with Crippen molar-refractivity contribution in [2.45, 2.75) is 13.8 Å². The minimum absolute atomic E-state index is 0.00770. The molecule has 0 aliphatic heterocycles. The lowest BCUT2D eigenvalue weighted by Crippen LogP contribution is -2.09. The second-order valence-electron chi connectivity index (χ2n) is 7.26. The Balaban J connectivity index is 2.18. The van der Waals surface area contributed by atoms with E-state index >= 15 is 0 Å². The van der Waals surface area contributed by atoms with Gasteiger partial charge in [-0.15, -0.1) is 0 Å². The summed E-state index contributed by atoms with van der Waals surface area (Å²) in [6.45, 7) is 2.42. The van der Waals surface area contributed by atoms with Gasteiger partial charge >= 0.3 is 11.9 Å². The molecule has 5 rings (SSSR count). The van der Waals surface area contributed by atoms with Gasteiger partial charge in [-0.25, -0.2) is 0 Å². The van der Waals surface area contributed by atoms with Gasteiger partial charge in [-0.3, -0.25) is 19.7 Å². The van der Waals surface area contributed by atoms with Crippen molar-refractivity contribution in [3.05, 3.63) is 64.7 Å². The number of non-ortho nitro benzene ring substituents is 1. The molecule has 0 aliphatic rings. The van der Waals surface area contributed by atoms with E-state index in [-0.39, 0.29) is 22.6 Å². The summed E-state index contributed by atoms with van der Waals surface area (Å²) in [5.74, 6) is -1.44. The van der Waals surface area contributed by atoms with Gasteiger partial charge in [-0.1, -0.05) is 42.5 Å². The van der Waals surface area contributed by atoms with Crippen molar-refractivity contribution in [1.82, 2.24) is 0 Å². The van der Waals surface area contributed by atoms with E-state index in [4.69, 9.17) is 9.47 Å². The number of rotatable bonds is 3. The Morgan fingerprint density at radius 1 is 0.677 bits per heavy atom. The molecular weight excluding hydrogens is 398 g/mol. The number of benzene rings is 5. The summed E-state index contributed by atoms with van der Waals surface area (Å²) in [4.78, 5) is 35.3. The van der Waals surface area contributed by atoms with Crippen LogP contribution in [0.5, 0.6) is 11.5 Å². The number of carbonyl (C=O) groups excluding carboxylic acids is 2. The molecule has 0 unspecified atom stereocenters. The minimum atomic E-state index is -0.678. The summed E-state index contributed by atoms with van der Waals surface area (Å²) in [5.41, 5.74) is -0.237. The molecule has 31 heavy (non-hydrogen) atoms. The zero-order chi connectivity index (χ0) is 21.9. The van der Waals surface area contributed by atoms with E-state index in [0.29, 0.717) is 16.2 Å². The van der Waals surface area contributed by atoms with Gasteiger partial charge in [0, 0.05) is 36.1 Å². The molecule has 0 aliphatic carbocycles. The zero-order valence-electron chi connectivity index (χ0n) is 16.6. The normalized spacial score (nSPS) is 11.4. The van der Waals surface area contributed by atoms with E-state index in [0.717, 1.165) is 21.5 Å². The summed E-state index contributed by atoms with van der Waals surface area (Å²) < 4.78 is 10.9. The van der Waals surface area contributed by atoms with Crippen LogP contribution in [0, 0.1) is 10.1 Å². The van der Waals surface area contributed by atoms with Gasteiger partial charge < -0.3 is 9.47 Å². The molecular formula is C24H15NO6. The summed E-state index contributed by atoms with van der Waals surface area (Å²) in [5, 5.41) is 17.4. The predicted octanol–water partition coefficient (Wildman–Crippen LogP) is 5.50. The Kier molecular flexibility index (Phi) is 4.01. The van der Waals surface area contributed by atoms with Crippen LogP contribution >= 0.6 is 0 Å². The number of carbonyl (C=O) groups is 2. The zero-order valence-corrected chi connectivity index (χ0v) is 16.6. The minimum Gasteiger partial charge on any atom is -0.422 e. The van der Waals surface area contributed by atoms with Crippen molar-refractivity contribution in [3.8, 4) is 11.5 Å². The van der Waals surface area contributed by atoms with E-state index in [1.165, 1.54) is 19.9 Å². The quantitative estimate of drug-likeness (QED) is 0.0968. The molecule has 7 heteroatoms. The lowest BCUT2D eigenvalue weighted by molar-refractivity contribution is -0.383. The molecule has 0 aromatic heterocycles. The number of fused-ring (bicyclic) bond motifs is 3. The molecule has 0 radical (unpaired) electrons. The van der Waals surface area contributed by atoms with Gasteiger partial charge in [-0.05, 0) is 27.6 Å². The molecule has 0 spiro atoms. The SMILES string of the molecule is CC(=O)Oc1c(OC(C)=O)c2c([N+](=O)[O-])ccc3c4ccccc4c4cccc1c4c23. The lowest BCUT2D eigenvalue weighted by atomic mass is 9.88. The van der Waals surface area contributed by atoms with Crippen molar-refractivity contribution >= 4 is 60.7 Å². The highest BCUT2D eigenvalue weighted by atomic mass is 16.6. The molecule has 152 valence electrons. The first kappa shape index (κ1) is 18.7. The summed E-state index contributed by atoms with van der Waals surface area (Å²) >= 11 is 0. The Labute approximate surface area is 175 Å². The third-order valence-electron chi connectivity index (χ3n) is 5.37. The topological polar surface area (TPSA) is 95.7 Å². The van der Waals surface area contributed by atoms with Crippen molar-refractivity contribution in [2.24, 2.45) is 0 Å². The van der Waals surface area contributed by atoms with E-state index in [2.05, 4.69) is 0 Å². The van der Waals surface area contributed by atoms with Crippen LogP contribution in [0.3, 0.4) is 0 Å². The first-order valence-corrected chi connectivity index (χ1v) is 9.55. The molecule has 0 saturated heterocycles. The smallest absolute Gasteiger partial charge is 0.308 e. The summed E-state index contributed by atoms with van der Waals surface area (Å²) in [7, 11) is 0. The first-order chi connectivity index (χ1) is 14.9. The standard InChI is InChI=1S/C24H15NO6/c1-12(26)30-23-18-9-5-8-16-14-6-3-4-7-15(14)17-10-11-19(25(28)29)22(21(17)20(16)18)24(23)31-13(2)27/h3-11H,1-2H3. The van der Waals surface area contributed by atoms with Crippen molar-refractivity contribution in [1.29, 1.82) is 0 Å². The maximum absolute atomic E-state index is 11.9. The molecule has 0 heterocycles. The fraction of sp³-hybridized carbons (Fsp3) is 0.0833. The van der Waals surface area contributed by atoms with Gasteiger partial charge in [-0.2, -0.15) is 0 Å². The molecule has 7 nitrogen and oxygen atoms in total. The number of hydrogen-bond donors (Lipinski definition) is 0. The average molecular weight is 413 g/mol. The van der Waals surface area contributed by atoms with E-state index in [1.54, 1.807) is 12.1 Å². The van der Waals surface area contributed by atoms with Crippen LogP contribution in [0.2, 0.25) is 0 Å². The highest BCUT2D eigenvalue weighted by molar-refractivity contribution is 6.37. The molecule has 0 atom stereocenters. The number of nitro groups is 1. The van der Waals surface area contributed by atoms with Crippen molar-refractivity contribution in [2.75, 3.05) is 0 Å². The number of nitro benzene ring substituents is 1. The second kappa shape index (κ2) is 6.63. The largest absolute Gasteiger partial charge is 0.422 e. The van der Waals surface area contributed by atoms with Crippen molar-refractivity contribution in [3.63, 3.8) is 0 Å². The summed E-state index contributed by atoms with van der Waals surface area (Å²) in [6, 6.07) is 16.3. The summed E-state index contributed by atoms with van der Waals surface area (Å²) in [6.07, 6.45) is 0. The van der Waals surface area contributed by atoms with Gasteiger partial charge in [0.25, 0.3) is 5.69 Å². The number of nitrogens with zero attached hydrogens (tertiary/aromatic N) is 1. The van der Waals surface area contributed by atoms with E-state index in [9.17, 15) is 19.7 Å². The van der Waals surface area contributed by atoms with Crippen LogP contribution in [0.25, 0.3) is 43.1 Å². The van der Waals surface area contributed by atoms with Crippen molar-refractivity contribution < 1.29 is 24.0 Å². The third kappa shape index (κ3) is 2.67. The van der Waals surface area contributed by atoms with Crippen LogP contribution in [0.4, 0.5) is 5.69 Å². The monoisotopic (exact) mass is 413 g/mol. The van der Waals surface area contributed by atoms with Gasteiger partial charge in [0.2, 0.25) is 0 Å². The third-order valence-corrected chi connectivity index (χ3v) is 5.37. The first-order valence-electron chi connectivity index (χ1n) is 9.55. The van der Waals surface area contributed by atoms with Gasteiger partial charge in [0.1, 0.15) is 5.39 Å². The maximum Gasteiger partial charge on any atom is 0.308 e. The Morgan fingerprint density at radius 3 is 1.84 bits per heavy atom. The molecule has 0 amide bonds. The second-order valence-corrected chi connectivity index (χ2v) is 7.26.